The summed E-state index contributed by atoms with van der Waals surface area (Å²) in [5.74, 6) is -1.27. The van der Waals surface area contributed by atoms with E-state index in [-0.39, 0.29) is 11.4 Å². The Morgan fingerprint density at radius 3 is 2.55 bits per heavy atom. The summed E-state index contributed by atoms with van der Waals surface area (Å²) in [6.07, 6.45) is 3.23. The molecule has 2 nitrogen and oxygen atoms in total. The van der Waals surface area contributed by atoms with Gasteiger partial charge in [-0.1, -0.05) is 6.07 Å². The predicted molar refractivity (Wildman–Crippen MR) is 80.8 cm³/mol. The lowest BCUT2D eigenvalue weighted by Gasteiger charge is -2.09. The molecule has 0 radical (unpaired) electrons. The molecular weight excluding hydrogens is 357 g/mol. The highest BCUT2D eigenvalue weighted by molar-refractivity contribution is 9.10. The first kappa shape index (κ1) is 14.8. The topological polar surface area (TPSA) is 17.8 Å². The van der Waals surface area contributed by atoms with Crippen LogP contribution in [-0.2, 0) is 6.54 Å². The third-order valence-corrected chi connectivity index (χ3v) is 3.83. The number of nitrogens with zero attached hydrogens (tertiary/aromatic N) is 2. The van der Waals surface area contributed by atoms with Crippen molar-refractivity contribution in [2.45, 2.75) is 6.54 Å². The fourth-order valence-corrected chi connectivity index (χ4v) is 2.61. The summed E-state index contributed by atoms with van der Waals surface area (Å²) in [7, 11) is 0. The number of rotatable bonds is 3. The Hall–Kier alpha value is -2.08. The predicted octanol–water partition coefficient (Wildman–Crippen LogP) is 4.78. The van der Waals surface area contributed by atoms with E-state index in [1.807, 2.05) is 0 Å². The van der Waals surface area contributed by atoms with Crippen molar-refractivity contribution >= 4 is 15.9 Å². The van der Waals surface area contributed by atoms with Gasteiger partial charge in [0.2, 0.25) is 0 Å². The Labute approximate surface area is 133 Å². The second-order valence-electron chi connectivity index (χ2n) is 4.75. The Kier molecular flexibility index (Phi) is 4.02. The van der Waals surface area contributed by atoms with Crippen LogP contribution in [0, 0.1) is 17.5 Å². The zero-order valence-corrected chi connectivity index (χ0v) is 12.8. The van der Waals surface area contributed by atoms with Gasteiger partial charge in [0.1, 0.15) is 23.3 Å². The standard InChI is InChI=1S/C16H10BrF3N2/c17-13-7-10(1-4-14(13)19)9-22-6-5-21-16(22)12-3-2-11(18)8-15(12)20/h1-8H,9H2. The molecule has 0 N–H and O–H groups in total. The molecule has 3 aromatic rings. The molecule has 0 aliphatic rings. The van der Waals surface area contributed by atoms with Crippen LogP contribution >= 0.6 is 15.9 Å². The molecule has 2 aromatic carbocycles. The van der Waals surface area contributed by atoms with Crippen molar-refractivity contribution in [3.8, 4) is 11.4 Å². The largest absolute Gasteiger partial charge is 0.326 e. The number of hydrogen-bond donors (Lipinski definition) is 0. The molecule has 1 aromatic heterocycles. The van der Waals surface area contributed by atoms with E-state index in [4.69, 9.17) is 0 Å². The van der Waals surface area contributed by atoms with Crippen molar-refractivity contribution in [2.24, 2.45) is 0 Å². The lowest BCUT2D eigenvalue weighted by atomic mass is 10.1. The molecule has 0 spiro atoms. The van der Waals surface area contributed by atoms with E-state index < -0.39 is 11.6 Å². The first-order chi connectivity index (χ1) is 10.5. The molecule has 0 aliphatic carbocycles. The number of imidazole rings is 1. The van der Waals surface area contributed by atoms with E-state index in [1.165, 1.54) is 24.4 Å². The van der Waals surface area contributed by atoms with E-state index in [9.17, 15) is 13.2 Å². The molecule has 1 heterocycles. The normalized spacial score (nSPS) is 10.9. The van der Waals surface area contributed by atoms with Crippen LogP contribution < -0.4 is 0 Å². The number of hydrogen-bond acceptors (Lipinski definition) is 1. The second kappa shape index (κ2) is 5.96. The Morgan fingerprint density at radius 1 is 1.00 bits per heavy atom. The van der Waals surface area contributed by atoms with Crippen molar-refractivity contribution in [2.75, 3.05) is 0 Å². The van der Waals surface area contributed by atoms with Gasteiger partial charge in [-0.15, -0.1) is 0 Å². The van der Waals surface area contributed by atoms with Gasteiger partial charge in [-0.2, -0.15) is 0 Å². The molecule has 0 saturated carbocycles. The molecular formula is C16H10BrF3N2. The van der Waals surface area contributed by atoms with Gasteiger partial charge in [0.05, 0.1) is 10.0 Å². The van der Waals surface area contributed by atoms with Gasteiger partial charge < -0.3 is 4.57 Å². The minimum Gasteiger partial charge on any atom is -0.326 e. The van der Waals surface area contributed by atoms with Crippen LogP contribution in [-0.4, -0.2) is 9.55 Å². The summed E-state index contributed by atoms with van der Waals surface area (Å²) in [6.45, 7) is 0.394. The van der Waals surface area contributed by atoms with Crippen LogP contribution in [0.1, 0.15) is 5.56 Å². The quantitative estimate of drug-likeness (QED) is 0.652. The van der Waals surface area contributed by atoms with Crippen LogP contribution in [0.25, 0.3) is 11.4 Å². The van der Waals surface area contributed by atoms with Crippen molar-refractivity contribution in [1.29, 1.82) is 0 Å². The Bertz CT molecular complexity index is 830. The molecule has 0 aliphatic heterocycles. The fourth-order valence-electron chi connectivity index (χ4n) is 2.19. The second-order valence-corrected chi connectivity index (χ2v) is 5.61. The van der Waals surface area contributed by atoms with E-state index >= 15 is 0 Å². The average molecular weight is 367 g/mol. The fraction of sp³-hybridized carbons (Fsp3) is 0.0625. The van der Waals surface area contributed by atoms with Crippen molar-refractivity contribution in [3.05, 3.63) is 76.3 Å². The summed E-state index contributed by atoms with van der Waals surface area (Å²) in [4.78, 5) is 4.13. The van der Waals surface area contributed by atoms with Gasteiger partial charge in [-0.25, -0.2) is 18.2 Å². The summed E-state index contributed by atoms with van der Waals surface area (Å²) >= 11 is 3.13. The van der Waals surface area contributed by atoms with Crippen LogP contribution in [0.3, 0.4) is 0 Å². The summed E-state index contributed by atoms with van der Waals surface area (Å²) in [5.41, 5.74) is 1.04. The van der Waals surface area contributed by atoms with Gasteiger partial charge in [0.15, 0.2) is 0 Å². The highest BCUT2D eigenvalue weighted by atomic mass is 79.9. The number of halogens is 4. The van der Waals surface area contributed by atoms with Crippen molar-refractivity contribution < 1.29 is 13.2 Å². The molecule has 0 atom stereocenters. The lowest BCUT2D eigenvalue weighted by molar-refractivity contribution is 0.584. The molecule has 0 unspecified atom stereocenters. The highest BCUT2D eigenvalue weighted by Gasteiger charge is 2.12. The molecule has 0 amide bonds. The molecule has 3 rings (SSSR count). The maximum Gasteiger partial charge on any atom is 0.143 e. The zero-order chi connectivity index (χ0) is 15.7. The van der Waals surface area contributed by atoms with Gasteiger partial charge in [0, 0.05) is 25.0 Å². The van der Waals surface area contributed by atoms with Crippen LogP contribution in [0.5, 0.6) is 0 Å². The molecule has 0 fully saturated rings. The first-order valence-corrected chi connectivity index (χ1v) is 7.24. The third kappa shape index (κ3) is 2.92. The van der Waals surface area contributed by atoms with E-state index in [2.05, 4.69) is 20.9 Å². The summed E-state index contributed by atoms with van der Waals surface area (Å²) in [5, 5.41) is 0. The summed E-state index contributed by atoms with van der Waals surface area (Å²) < 4.78 is 42.3. The van der Waals surface area contributed by atoms with Crippen molar-refractivity contribution in [3.63, 3.8) is 0 Å². The lowest BCUT2D eigenvalue weighted by Crippen LogP contribution is -2.02. The molecule has 112 valence electrons. The maximum absolute atomic E-state index is 13.9. The van der Waals surface area contributed by atoms with E-state index in [0.717, 1.165) is 11.6 Å². The first-order valence-electron chi connectivity index (χ1n) is 6.45. The minimum atomic E-state index is -0.673. The van der Waals surface area contributed by atoms with Gasteiger partial charge in [-0.05, 0) is 45.8 Å². The van der Waals surface area contributed by atoms with Crippen LogP contribution in [0.2, 0.25) is 0 Å². The minimum absolute atomic E-state index is 0.215. The maximum atomic E-state index is 13.9. The van der Waals surface area contributed by atoms with Gasteiger partial charge in [0.25, 0.3) is 0 Å². The smallest absolute Gasteiger partial charge is 0.143 e. The molecule has 0 saturated heterocycles. The number of benzene rings is 2. The van der Waals surface area contributed by atoms with Crippen LogP contribution in [0.4, 0.5) is 13.2 Å². The average Bonchev–Trinajstić information content (AvgIpc) is 2.91. The van der Waals surface area contributed by atoms with Crippen LogP contribution in [0.15, 0.2) is 53.3 Å². The highest BCUT2D eigenvalue weighted by Crippen LogP contribution is 2.24. The SMILES string of the molecule is Fc1ccc(-c2nccn2Cc2ccc(F)c(Br)c2)c(F)c1. The monoisotopic (exact) mass is 366 g/mol. The molecule has 0 bridgehead atoms. The number of aromatic nitrogens is 2. The Balaban J connectivity index is 1.96. The van der Waals surface area contributed by atoms with Gasteiger partial charge >= 0.3 is 0 Å². The van der Waals surface area contributed by atoms with E-state index in [1.54, 1.807) is 22.9 Å². The Morgan fingerprint density at radius 2 is 1.82 bits per heavy atom. The summed E-state index contributed by atoms with van der Waals surface area (Å²) in [6, 6.07) is 8.01. The molecule has 6 heteroatoms. The zero-order valence-electron chi connectivity index (χ0n) is 11.2. The van der Waals surface area contributed by atoms with E-state index in [0.29, 0.717) is 16.8 Å². The van der Waals surface area contributed by atoms with Gasteiger partial charge in [-0.3, -0.25) is 0 Å². The van der Waals surface area contributed by atoms with Crippen molar-refractivity contribution in [1.82, 2.24) is 9.55 Å². The third-order valence-electron chi connectivity index (χ3n) is 3.22. The molecule has 22 heavy (non-hydrogen) atoms.